The molecular weight excluding hydrogens is 308 g/mol. The quantitative estimate of drug-likeness (QED) is 0.747. The van der Waals surface area contributed by atoms with E-state index in [4.69, 9.17) is 14.0 Å². The van der Waals surface area contributed by atoms with Crippen LogP contribution in [0.15, 0.2) is 24.3 Å². The molecule has 0 aliphatic carbocycles. The van der Waals surface area contributed by atoms with Gasteiger partial charge < -0.3 is 14.0 Å². The van der Waals surface area contributed by atoms with Crippen LogP contribution in [0, 0.1) is 0 Å². The van der Waals surface area contributed by atoms with Gasteiger partial charge in [0.05, 0.1) is 17.9 Å². The number of benzene rings is 1. The first-order valence-electron chi connectivity index (χ1n) is 8.71. The minimum absolute atomic E-state index is 0.201. The van der Waals surface area contributed by atoms with E-state index in [1.807, 2.05) is 24.3 Å². The smallest absolute Gasteiger partial charge is 0.488 e. The number of hydrogen-bond donors (Lipinski definition) is 0. The van der Waals surface area contributed by atoms with Crippen molar-refractivity contribution < 1.29 is 18.4 Å². The minimum Gasteiger partial charge on any atom is -0.488 e. The second-order valence-electron chi connectivity index (χ2n) is 7.70. The van der Waals surface area contributed by atoms with Gasteiger partial charge in [-0.05, 0) is 51.7 Å². The Morgan fingerprint density at radius 2 is 1.71 bits per heavy atom. The van der Waals surface area contributed by atoms with Crippen molar-refractivity contribution in [3.05, 3.63) is 24.3 Å². The van der Waals surface area contributed by atoms with Gasteiger partial charge in [-0.1, -0.05) is 12.1 Å². The number of hydrogen-bond acceptors (Lipinski definition) is 4. The van der Waals surface area contributed by atoms with Crippen LogP contribution in [0.25, 0.3) is 0 Å². The van der Waals surface area contributed by atoms with Gasteiger partial charge in [0.2, 0.25) is 0 Å². The van der Waals surface area contributed by atoms with Crippen LogP contribution in [-0.2, 0) is 9.31 Å². The number of ether oxygens (including phenoxy) is 1. The molecule has 0 bridgehead atoms. The van der Waals surface area contributed by atoms with Gasteiger partial charge in [-0.15, -0.1) is 0 Å². The molecule has 3 rings (SSSR count). The van der Waals surface area contributed by atoms with E-state index in [-0.39, 0.29) is 31.1 Å². The number of nitrogens with zero attached hydrogens (tertiary/aromatic N) is 1. The lowest BCUT2D eigenvalue weighted by Crippen LogP contribution is -2.53. The zero-order valence-corrected chi connectivity index (χ0v) is 15.0. The van der Waals surface area contributed by atoms with E-state index >= 15 is 0 Å². The van der Waals surface area contributed by atoms with Crippen LogP contribution < -0.4 is 10.2 Å². The molecule has 24 heavy (non-hydrogen) atoms. The molecule has 2 aliphatic rings. The number of rotatable bonds is 6. The van der Waals surface area contributed by atoms with Gasteiger partial charge in [0.25, 0.3) is 0 Å². The van der Waals surface area contributed by atoms with Crippen LogP contribution in [0.5, 0.6) is 5.75 Å². The highest BCUT2D eigenvalue weighted by Crippen LogP contribution is 2.36. The predicted molar refractivity (Wildman–Crippen MR) is 93.6 cm³/mol. The van der Waals surface area contributed by atoms with E-state index in [1.165, 1.54) is 0 Å². The standard InChI is InChI=1S/C18H27BFNO3/c1-17(2)18(3,4)24-19(23-17)14-6-8-15(9-7-14)22-16-12-21(13-16)11-5-10-20/h6-9,16H,5,10-13H2,1-4H3. The first-order chi connectivity index (χ1) is 11.3. The fraction of sp³-hybridized carbons (Fsp3) is 0.667. The summed E-state index contributed by atoms with van der Waals surface area (Å²) in [7, 11) is -0.344. The van der Waals surface area contributed by atoms with Crippen LogP contribution in [0.2, 0.25) is 0 Å². The summed E-state index contributed by atoms with van der Waals surface area (Å²) >= 11 is 0. The number of likely N-dealkylation sites (tertiary alicyclic amines) is 1. The molecule has 0 saturated carbocycles. The van der Waals surface area contributed by atoms with E-state index in [0.29, 0.717) is 6.42 Å². The summed E-state index contributed by atoms with van der Waals surface area (Å²) in [5.41, 5.74) is 0.336. The lowest BCUT2D eigenvalue weighted by Gasteiger charge is -2.38. The average Bonchev–Trinajstić information content (AvgIpc) is 2.70. The Morgan fingerprint density at radius 3 is 2.25 bits per heavy atom. The number of halogens is 1. The molecule has 0 radical (unpaired) electrons. The Hall–Kier alpha value is -1.11. The van der Waals surface area contributed by atoms with Gasteiger partial charge in [-0.25, -0.2) is 0 Å². The molecule has 0 aromatic heterocycles. The van der Waals surface area contributed by atoms with Crippen molar-refractivity contribution in [2.45, 2.75) is 51.4 Å². The Balaban J connectivity index is 1.52. The first-order valence-corrected chi connectivity index (χ1v) is 8.71. The summed E-state index contributed by atoms with van der Waals surface area (Å²) in [6, 6.07) is 7.92. The van der Waals surface area contributed by atoms with Crippen LogP contribution in [0.3, 0.4) is 0 Å². The molecule has 0 atom stereocenters. The van der Waals surface area contributed by atoms with E-state index in [0.717, 1.165) is 30.8 Å². The molecule has 0 spiro atoms. The van der Waals surface area contributed by atoms with Gasteiger partial charge in [0, 0.05) is 19.6 Å². The molecule has 0 N–H and O–H groups in total. The van der Waals surface area contributed by atoms with Crippen molar-refractivity contribution in [1.29, 1.82) is 0 Å². The highest BCUT2D eigenvalue weighted by atomic mass is 19.1. The average molecular weight is 335 g/mol. The zero-order valence-electron chi connectivity index (χ0n) is 15.0. The van der Waals surface area contributed by atoms with Crippen molar-refractivity contribution in [3.8, 4) is 5.75 Å². The van der Waals surface area contributed by atoms with Gasteiger partial charge in [-0.3, -0.25) is 9.29 Å². The maximum atomic E-state index is 12.1. The fourth-order valence-electron chi connectivity index (χ4n) is 2.94. The Bertz CT molecular complexity index is 542. The summed E-state index contributed by atoms with van der Waals surface area (Å²) < 4.78 is 30.2. The van der Waals surface area contributed by atoms with Gasteiger partial charge in [0.15, 0.2) is 0 Å². The van der Waals surface area contributed by atoms with Gasteiger partial charge >= 0.3 is 7.12 Å². The molecule has 0 unspecified atom stereocenters. The Morgan fingerprint density at radius 1 is 1.12 bits per heavy atom. The van der Waals surface area contributed by atoms with Gasteiger partial charge in [-0.2, -0.15) is 0 Å². The van der Waals surface area contributed by atoms with Crippen LogP contribution in [0.1, 0.15) is 34.1 Å². The maximum absolute atomic E-state index is 12.1. The molecular formula is C18H27BFNO3. The molecule has 132 valence electrons. The lowest BCUT2D eigenvalue weighted by atomic mass is 9.79. The summed E-state index contributed by atoms with van der Waals surface area (Å²) in [6.45, 7) is 10.5. The van der Waals surface area contributed by atoms with Gasteiger partial charge in [0.1, 0.15) is 11.9 Å². The third kappa shape index (κ3) is 3.61. The highest BCUT2D eigenvalue weighted by molar-refractivity contribution is 6.62. The topological polar surface area (TPSA) is 30.9 Å². The fourth-order valence-corrected chi connectivity index (χ4v) is 2.94. The van der Waals surface area contributed by atoms with Crippen LogP contribution >= 0.6 is 0 Å². The Kier molecular flexibility index (Phi) is 4.91. The SMILES string of the molecule is CC1(C)OB(c2ccc(OC3CN(CCCF)C3)cc2)OC1(C)C. The summed E-state index contributed by atoms with van der Waals surface area (Å²) in [5, 5.41) is 0. The molecule has 0 amide bonds. The van der Waals surface area contributed by atoms with E-state index < -0.39 is 0 Å². The van der Waals surface area contributed by atoms with E-state index in [9.17, 15) is 4.39 Å². The Labute approximate surface area is 144 Å². The largest absolute Gasteiger partial charge is 0.494 e. The zero-order chi connectivity index (χ0) is 17.4. The molecule has 2 fully saturated rings. The second kappa shape index (κ2) is 6.66. The molecule has 2 aliphatic heterocycles. The molecule has 6 heteroatoms. The molecule has 1 aromatic carbocycles. The molecule has 2 heterocycles. The molecule has 4 nitrogen and oxygen atoms in total. The van der Waals surface area contributed by atoms with Crippen molar-refractivity contribution in [3.63, 3.8) is 0 Å². The van der Waals surface area contributed by atoms with Crippen LogP contribution in [-0.4, -0.2) is 55.6 Å². The van der Waals surface area contributed by atoms with Crippen LogP contribution in [0.4, 0.5) is 4.39 Å². The third-order valence-corrected chi connectivity index (χ3v) is 5.24. The second-order valence-corrected chi connectivity index (χ2v) is 7.70. The van der Waals surface area contributed by atoms with E-state index in [1.54, 1.807) is 0 Å². The minimum atomic E-state index is -0.344. The third-order valence-electron chi connectivity index (χ3n) is 5.24. The van der Waals surface area contributed by atoms with Crippen molar-refractivity contribution in [2.75, 3.05) is 26.3 Å². The maximum Gasteiger partial charge on any atom is 0.494 e. The summed E-state index contributed by atoms with van der Waals surface area (Å²) in [4.78, 5) is 2.21. The van der Waals surface area contributed by atoms with Crippen molar-refractivity contribution >= 4 is 12.6 Å². The summed E-state index contributed by atoms with van der Waals surface area (Å²) in [6.07, 6.45) is 0.808. The normalized spacial score (nSPS) is 23.3. The first kappa shape index (κ1) is 17.7. The molecule has 1 aromatic rings. The monoisotopic (exact) mass is 335 g/mol. The lowest BCUT2D eigenvalue weighted by molar-refractivity contribution is 0.00578. The van der Waals surface area contributed by atoms with E-state index in [2.05, 4.69) is 32.6 Å². The highest BCUT2D eigenvalue weighted by Gasteiger charge is 2.51. The van der Waals surface area contributed by atoms with Crippen molar-refractivity contribution in [1.82, 2.24) is 4.90 Å². The number of alkyl halides is 1. The molecule has 2 saturated heterocycles. The predicted octanol–water partition coefficient (Wildman–Crippen LogP) is 2.41. The van der Waals surface area contributed by atoms with Crippen molar-refractivity contribution in [2.24, 2.45) is 0 Å². The summed E-state index contributed by atoms with van der Waals surface area (Å²) in [5.74, 6) is 0.852.